The van der Waals surface area contributed by atoms with Gasteiger partial charge in [-0.15, -0.1) is 0 Å². The van der Waals surface area contributed by atoms with E-state index in [0.717, 1.165) is 4.90 Å². The number of likely N-dealkylation sites (tertiary alicyclic amines) is 1. The van der Waals surface area contributed by atoms with Crippen LogP contribution in [-0.2, 0) is 4.79 Å². The van der Waals surface area contributed by atoms with Crippen molar-refractivity contribution in [2.45, 2.75) is 0 Å². The topological polar surface area (TPSA) is 101 Å². The zero-order valence-electron chi connectivity index (χ0n) is 9.88. The van der Waals surface area contributed by atoms with Gasteiger partial charge in [-0.2, -0.15) is 0 Å². The van der Waals surface area contributed by atoms with Crippen molar-refractivity contribution in [3.63, 3.8) is 0 Å². The van der Waals surface area contributed by atoms with E-state index in [1.54, 1.807) is 0 Å². The Kier molecular flexibility index (Phi) is 3.35. The summed E-state index contributed by atoms with van der Waals surface area (Å²) >= 11 is 0. The van der Waals surface area contributed by atoms with Crippen molar-refractivity contribution in [3.05, 3.63) is 39.4 Å². The van der Waals surface area contributed by atoms with Crippen LogP contribution in [0.2, 0.25) is 0 Å². The molecule has 1 aromatic rings. The molecule has 0 unspecified atom stereocenters. The number of halogens is 2. The second-order valence-electron chi connectivity index (χ2n) is 4.29. The molecule has 20 heavy (non-hydrogen) atoms. The lowest BCUT2D eigenvalue weighted by atomic mass is 9.98. The highest BCUT2D eigenvalue weighted by Crippen LogP contribution is 2.26. The summed E-state index contributed by atoms with van der Waals surface area (Å²) in [4.78, 5) is 33.3. The Balaban J connectivity index is 2.29. The summed E-state index contributed by atoms with van der Waals surface area (Å²) in [6, 6.07) is 0.779. The molecule has 7 nitrogen and oxygen atoms in total. The predicted octanol–water partition coefficient (Wildman–Crippen LogP) is 1.03. The van der Waals surface area contributed by atoms with Crippen LogP contribution in [0.3, 0.4) is 0 Å². The lowest BCUT2D eigenvalue weighted by molar-refractivity contribution is -0.385. The van der Waals surface area contributed by atoms with Crippen LogP contribution in [-0.4, -0.2) is 39.9 Å². The minimum Gasteiger partial charge on any atom is -0.481 e. The number of nitro benzene ring substituents is 1. The third-order valence-electron chi connectivity index (χ3n) is 2.98. The minimum absolute atomic E-state index is 0.121. The van der Waals surface area contributed by atoms with E-state index < -0.39 is 45.6 Å². The van der Waals surface area contributed by atoms with E-state index in [1.807, 2.05) is 0 Å². The van der Waals surface area contributed by atoms with Crippen LogP contribution >= 0.6 is 0 Å². The molecule has 2 rings (SSSR count). The van der Waals surface area contributed by atoms with Crippen LogP contribution in [0.5, 0.6) is 0 Å². The number of rotatable bonds is 3. The molecule has 106 valence electrons. The molecule has 0 aromatic heterocycles. The number of hydrogen-bond acceptors (Lipinski definition) is 4. The van der Waals surface area contributed by atoms with E-state index in [-0.39, 0.29) is 13.1 Å². The molecule has 0 atom stereocenters. The van der Waals surface area contributed by atoms with Gasteiger partial charge in [0.25, 0.3) is 11.6 Å². The van der Waals surface area contributed by atoms with Crippen LogP contribution in [0.15, 0.2) is 12.1 Å². The molecular formula is C11H8F2N2O5. The van der Waals surface area contributed by atoms with Gasteiger partial charge in [-0.05, 0) is 6.07 Å². The highest BCUT2D eigenvalue weighted by Gasteiger charge is 2.38. The third kappa shape index (κ3) is 2.29. The molecule has 1 heterocycles. The largest absolute Gasteiger partial charge is 0.481 e. The van der Waals surface area contributed by atoms with Gasteiger partial charge in [0.2, 0.25) is 0 Å². The smallest absolute Gasteiger partial charge is 0.310 e. The highest BCUT2D eigenvalue weighted by molar-refractivity contribution is 5.99. The molecular weight excluding hydrogens is 278 g/mol. The SMILES string of the molecule is O=C(O)C1CN(C(=O)c2cc(F)c(F)cc2[N+](=O)[O-])C1. The summed E-state index contributed by atoms with van der Waals surface area (Å²) < 4.78 is 26.1. The van der Waals surface area contributed by atoms with E-state index in [4.69, 9.17) is 5.11 Å². The number of carbonyl (C=O) groups excluding carboxylic acids is 1. The van der Waals surface area contributed by atoms with Crippen molar-refractivity contribution < 1.29 is 28.4 Å². The van der Waals surface area contributed by atoms with Crippen LogP contribution in [0.25, 0.3) is 0 Å². The van der Waals surface area contributed by atoms with Crippen molar-refractivity contribution in [2.24, 2.45) is 5.92 Å². The van der Waals surface area contributed by atoms with Gasteiger partial charge in [0.1, 0.15) is 5.56 Å². The maximum atomic E-state index is 13.1. The van der Waals surface area contributed by atoms with Crippen molar-refractivity contribution in [3.8, 4) is 0 Å². The number of carbonyl (C=O) groups is 2. The van der Waals surface area contributed by atoms with Crippen LogP contribution < -0.4 is 0 Å². The number of nitrogens with zero attached hydrogens (tertiary/aromatic N) is 2. The summed E-state index contributed by atoms with van der Waals surface area (Å²) in [5.74, 6) is -5.54. The zero-order chi connectivity index (χ0) is 15.0. The second kappa shape index (κ2) is 4.83. The Bertz CT molecular complexity index is 613. The standard InChI is InChI=1S/C11H8F2N2O5/c12-7-1-6(9(15(19)20)2-8(7)13)10(16)14-3-5(4-14)11(17)18/h1-2,5H,3-4H2,(H,17,18). The number of amides is 1. The Morgan fingerprint density at radius 2 is 1.85 bits per heavy atom. The molecule has 0 aliphatic carbocycles. The number of benzene rings is 1. The summed E-state index contributed by atoms with van der Waals surface area (Å²) in [6.45, 7) is -0.241. The number of carboxylic acids is 1. The van der Waals surface area contributed by atoms with Gasteiger partial charge < -0.3 is 10.0 Å². The Labute approximate surface area is 110 Å². The molecule has 1 aliphatic rings. The summed E-state index contributed by atoms with van der Waals surface area (Å²) in [5, 5.41) is 19.4. The molecule has 1 N–H and O–H groups in total. The fourth-order valence-corrected chi connectivity index (χ4v) is 1.83. The molecule has 1 amide bonds. The molecule has 0 spiro atoms. The molecule has 9 heteroatoms. The van der Waals surface area contributed by atoms with E-state index in [2.05, 4.69) is 0 Å². The van der Waals surface area contributed by atoms with Gasteiger partial charge in [-0.25, -0.2) is 8.78 Å². The molecule has 1 aromatic carbocycles. The van der Waals surface area contributed by atoms with Gasteiger partial charge in [-0.1, -0.05) is 0 Å². The fourth-order valence-electron chi connectivity index (χ4n) is 1.83. The van der Waals surface area contributed by atoms with Gasteiger partial charge >= 0.3 is 5.97 Å². The highest BCUT2D eigenvalue weighted by atomic mass is 19.2. The number of nitro groups is 1. The van der Waals surface area contributed by atoms with Crippen molar-refractivity contribution in [1.82, 2.24) is 4.90 Å². The second-order valence-corrected chi connectivity index (χ2v) is 4.29. The van der Waals surface area contributed by atoms with E-state index in [9.17, 15) is 28.5 Å². The van der Waals surface area contributed by atoms with Gasteiger partial charge in [0.15, 0.2) is 11.6 Å². The molecule has 0 bridgehead atoms. The first-order chi connectivity index (χ1) is 9.31. The van der Waals surface area contributed by atoms with Crippen LogP contribution in [0.4, 0.5) is 14.5 Å². The quantitative estimate of drug-likeness (QED) is 0.660. The monoisotopic (exact) mass is 286 g/mol. The number of carboxylic acid groups (broad SMARTS) is 1. The molecule has 0 radical (unpaired) electrons. The van der Waals surface area contributed by atoms with E-state index in [0.29, 0.717) is 12.1 Å². The summed E-state index contributed by atoms with van der Waals surface area (Å²) in [7, 11) is 0. The molecule has 0 saturated carbocycles. The third-order valence-corrected chi connectivity index (χ3v) is 2.98. The van der Waals surface area contributed by atoms with Gasteiger partial charge in [0, 0.05) is 13.1 Å². The lowest BCUT2D eigenvalue weighted by Gasteiger charge is -2.36. The zero-order valence-corrected chi connectivity index (χ0v) is 9.88. The number of aliphatic carboxylic acids is 1. The first-order valence-corrected chi connectivity index (χ1v) is 5.46. The average Bonchev–Trinajstić information content (AvgIpc) is 2.29. The van der Waals surface area contributed by atoms with Crippen molar-refractivity contribution in [2.75, 3.05) is 13.1 Å². The Hall–Kier alpha value is -2.58. The Morgan fingerprint density at radius 3 is 2.35 bits per heavy atom. The molecule has 1 aliphatic heterocycles. The number of hydrogen-bond donors (Lipinski definition) is 1. The van der Waals surface area contributed by atoms with Crippen molar-refractivity contribution in [1.29, 1.82) is 0 Å². The summed E-state index contributed by atoms with van der Waals surface area (Å²) in [5.41, 5.74) is -1.45. The lowest BCUT2D eigenvalue weighted by Crippen LogP contribution is -2.53. The molecule has 1 fully saturated rings. The first-order valence-electron chi connectivity index (χ1n) is 5.46. The normalized spacial score (nSPS) is 14.8. The summed E-state index contributed by atoms with van der Waals surface area (Å²) in [6.07, 6.45) is 0. The maximum Gasteiger partial charge on any atom is 0.310 e. The van der Waals surface area contributed by atoms with E-state index in [1.165, 1.54) is 0 Å². The van der Waals surface area contributed by atoms with E-state index >= 15 is 0 Å². The fraction of sp³-hybridized carbons (Fsp3) is 0.273. The first kappa shape index (κ1) is 13.8. The van der Waals surface area contributed by atoms with Crippen LogP contribution in [0, 0.1) is 27.7 Å². The molecule has 1 saturated heterocycles. The van der Waals surface area contributed by atoms with Crippen LogP contribution in [0.1, 0.15) is 10.4 Å². The van der Waals surface area contributed by atoms with Gasteiger partial charge in [0.05, 0.1) is 16.9 Å². The predicted molar refractivity (Wildman–Crippen MR) is 60.0 cm³/mol. The maximum absolute atomic E-state index is 13.1. The van der Waals surface area contributed by atoms with Gasteiger partial charge in [-0.3, -0.25) is 19.7 Å². The van der Waals surface area contributed by atoms with Crippen molar-refractivity contribution >= 4 is 17.6 Å². The average molecular weight is 286 g/mol. The Morgan fingerprint density at radius 1 is 1.30 bits per heavy atom. The minimum atomic E-state index is -1.43.